The molecular weight excluding hydrogens is 236 g/mol. The maximum atomic E-state index is 11.4. The highest BCUT2D eigenvalue weighted by molar-refractivity contribution is 5.94. The zero-order valence-electron chi connectivity index (χ0n) is 11.6. The van der Waals surface area contributed by atoms with Gasteiger partial charge in [0, 0.05) is 5.56 Å². The predicted molar refractivity (Wildman–Crippen MR) is 76.7 cm³/mol. The van der Waals surface area contributed by atoms with Gasteiger partial charge in [0.05, 0.1) is 0 Å². The van der Waals surface area contributed by atoms with Crippen molar-refractivity contribution in [1.82, 2.24) is 0 Å². The topological polar surface area (TPSA) is 26.3 Å². The highest BCUT2D eigenvalue weighted by Crippen LogP contribution is 2.19. The van der Waals surface area contributed by atoms with E-state index in [1.807, 2.05) is 31.2 Å². The first-order chi connectivity index (χ1) is 9.04. The number of carbonyl (C=O) groups excluding carboxylic acids is 1. The van der Waals surface area contributed by atoms with Gasteiger partial charge in [-0.2, -0.15) is 0 Å². The Kier molecular flexibility index (Phi) is 4.00. The molecule has 0 aliphatic carbocycles. The Hall–Kier alpha value is -2.09. The first kappa shape index (κ1) is 13.3. The molecule has 0 radical (unpaired) electrons. The molecule has 0 bridgehead atoms. The molecule has 98 valence electrons. The molecule has 0 heterocycles. The monoisotopic (exact) mass is 254 g/mol. The summed E-state index contributed by atoms with van der Waals surface area (Å²) < 4.78 is 5.77. The van der Waals surface area contributed by atoms with Crippen molar-refractivity contribution in [2.45, 2.75) is 27.4 Å². The number of ketones is 1. The van der Waals surface area contributed by atoms with E-state index in [0.29, 0.717) is 12.2 Å². The van der Waals surface area contributed by atoms with Crippen LogP contribution in [0.1, 0.15) is 34.0 Å². The predicted octanol–water partition coefficient (Wildman–Crippen LogP) is 4.09. The van der Waals surface area contributed by atoms with Crippen molar-refractivity contribution >= 4 is 5.78 Å². The van der Waals surface area contributed by atoms with Gasteiger partial charge >= 0.3 is 0 Å². The molecule has 2 nitrogen and oxygen atoms in total. The second-order valence-electron chi connectivity index (χ2n) is 4.87. The number of carbonyl (C=O) groups is 1. The lowest BCUT2D eigenvalue weighted by molar-refractivity contribution is 0.101. The van der Waals surface area contributed by atoms with E-state index < -0.39 is 0 Å². The van der Waals surface area contributed by atoms with Gasteiger partial charge in [-0.3, -0.25) is 4.79 Å². The molecule has 0 amide bonds. The van der Waals surface area contributed by atoms with Crippen molar-refractivity contribution in [1.29, 1.82) is 0 Å². The third-order valence-corrected chi connectivity index (χ3v) is 2.95. The minimum absolute atomic E-state index is 0.0594. The first-order valence-corrected chi connectivity index (χ1v) is 6.35. The van der Waals surface area contributed by atoms with Crippen molar-refractivity contribution in [2.24, 2.45) is 0 Å². The van der Waals surface area contributed by atoms with Crippen molar-refractivity contribution in [3.05, 3.63) is 64.7 Å². The third kappa shape index (κ3) is 3.68. The molecule has 0 saturated heterocycles. The summed E-state index contributed by atoms with van der Waals surface area (Å²) in [6.07, 6.45) is 0. The molecule has 2 heteroatoms. The number of benzene rings is 2. The number of ether oxygens (including phenoxy) is 1. The van der Waals surface area contributed by atoms with Crippen LogP contribution < -0.4 is 4.74 Å². The second-order valence-corrected chi connectivity index (χ2v) is 4.87. The van der Waals surface area contributed by atoms with Crippen LogP contribution >= 0.6 is 0 Å². The zero-order chi connectivity index (χ0) is 13.8. The van der Waals surface area contributed by atoms with Crippen LogP contribution in [0.4, 0.5) is 0 Å². The van der Waals surface area contributed by atoms with E-state index in [9.17, 15) is 4.79 Å². The maximum absolute atomic E-state index is 11.4. The lowest BCUT2D eigenvalue weighted by Crippen LogP contribution is -1.99. The van der Waals surface area contributed by atoms with E-state index in [1.165, 1.54) is 5.56 Å². The Morgan fingerprint density at radius 2 is 1.84 bits per heavy atom. The smallest absolute Gasteiger partial charge is 0.159 e. The van der Waals surface area contributed by atoms with E-state index in [4.69, 9.17) is 4.74 Å². The number of aryl methyl sites for hydroxylation is 2. The summed E-state index contributed by atoms with van der Waals surface area (Å²) in [5.74, 6) is 0.802. The normalized spacial score (nSPS) is 10.3. The van der Waals surface area contributed by atoms with Gasteiger partial charge in [0.15, 0.2) is 5.78 Å². The molecule has 0 atom stereocenters. The molecule has 0 N–H and O–H groups in total. The summed E-state index contributed by atoms with van der Waals surface area (Å²) in [7, 11) is 0. The fourth-order valence-electron chi connectivity index (χ4n) is 2.00. The fraction of sp³-hybridized carbons (Fsp3) is 0.235. The van der Waals surface area contributed by atoms with Gasteiger partial charge in [-0.05, 0) is 50.1 Å². The molecule has 0 fully saturated rings. The standard InChI is InChI=1S/C17H18O2/c1-12-5-4-6-15(7-12)11-19-17-9-13(2)8-16(10-17)14(3)18/h4-10H,11H2,1-3H3. The lowest BCUT2D eigenvalue weighted by Gasteiger charge is -2.09. The number of Topliss-reactive ketones (excluding diaryl/α,β-unsaturated/α-hetero) is 1. The molecule has 0 saturated carbocycles. The third-order valence-electron chi connectivity index (χ3n) is 2.95. The van der Waals surface area contributed by atoms with E-state index in [1.54, 1.807) is 13.0 Å². The van der Waals surface area contributed by atoms with Crippen LogP contribution in [0, 0.1) is 13.8 Å². The fourth-order valence-corrected chi connectivity index (χ4v) is 2.00. The summed E-state index contributed by atoms with van der Waals surface area (Å²) in [5, 5.41) is 0. The Morgan fingerprint density at radius 1 is 1.05 bits per heavy atom. The van der Waals surface area contributed by atoms with Gasteiger partial charge in [0.2, 0.25) is 0 Å². The second kappa shape index (κ2) is 5.70. The average Bonchev–Trinajstić information content (AvgIpc) is 2.36. The highest BCUT2D eigenvalue weighted by Gasteiger charge is 2.04. The van der Waals surface area contributed by atoms with Crippen LogP contribution in [0.3, 0.4) is 0 Å². The number of hydrogen-bond acceptors (Lipinski definition) is 2. The van der Waals surface area contributed by atoms with Gasteiger partial charge in [0.1, 0.15) is 12.4 Å². The Balaban J connectivity index is 2.13. The Morgan fingerprint density at radius 3 is 2.53 bits per heavy atom. The van der Waals surface area contributed by atoms with Gasteiger partial charge in [-0.15, -0.1) is 0 Å². The van der Waals surface area contributed by atoms with Crippen LogP contribution in [0.15, 0.2) is 42.5 Å². The molecule has 19 heavy (non-hydrogen) atoms. The summed E-state index contributed by atoms with van der Waals surface area (Å²) >= 11 is 0. The lowest BCUT2D eigenvalue weighted by atomic mass is 10.1. The summed E-state index contributed by atoms with van der Waals surface area (Å²) in [6.45, 7) is 6.11. The Labute approximate surface area is 114 Å². The van der Waals surface area contributed by atoms with E-state index >= 15 is 0 Å². The van der Waals surface area contributed by atoms with Crippen LogP contribution in [0.5, 0.6) is 5.75 Å². The highest BCUT2D eigenvalue weighted by atomic mass is 16.5. The van der Waals surface area contributed by atoms with Crippen LogP contribution in [0.25, 0.3) is 0 Å². The van der Waals surface area contributed by atoms with Crippen LogP contribution in [-0.4, -0.2) is 5.78 Å². The SMILES string of the molecule is CC(=O)c1cc(C)cc(OCc2cccc(C)c2)c1. The number of rotatable bonds is 4. The molecule has 0 spiro atoms. The average molecular weight is 254 g/mol. The van der Waals surface area contributed by atoms with Crippen LogP contribution in [-0.2, 0) is 6.61 Å². The molecule has 0 aliphatic rings. The van der Waals surface area contributed by atoms with Gasteiger partial charge in [0.25, 0.3) is 0 Å². The zero-order valence-corrected chi connectivity index (χ0v) is 11.6. The van der Waals surface area contributed by atoms with Crippen molar-refractivity contribution in [2.75, 3.05) is 0 Å². The van der Waals surface area contributed by atoms with Gasteiger partial charge in [-0.25, -0.2) is 0 Å². The minimum atomic E-state index is 0.0594. The summed E-state index contributed by atoms with van der Waals surface area (Å²) in [6, 6.07) is 13.8. The molecule has 0 aromatic heterocycles. The summed E-state index contributed by atoms with van der Waals surface area (Å²) in [4.78, 5) is 11.4. The summed E-state index contributed by atoms with van der Waals surface area (Å²) in [5.41, 5.74) is 4.08. The van der Waals surface area contributed by atoms with Gasteiger partial charge in [-0.1, -0.05) is 29.8 Å². The maximum Gasteiger partial charge on any atom is 0.159 e. The first-order valence-electron chi connectivity index (χ1n) is 6.35. The molecule has 0 aliphatic heterocycles. The van der Waals surface area contributed by atoms with E-state index in [2.05, 4.69) is 19.1 Å². The molecular formula is C17H18O2. The van der Waals surface area contributed by atoms with Gasteiger partial charge < -0.3 is 4.74 Å². The van der Waals surface area contributed by atoms with Crippen molar-refractivity contribution in [3.63, 3.8) is 0 Å². The molecule has 0 unspecified atom stereocenters. The van der Waals surface area contributed by atoms with E-state index in [0.717, 1.165) is 16.9 Å². The van der Waals surface area contributed by atoms with E-state index in [-0.39, 0.29) is 5.78 Å². The number of hydrogen-bond donors (Lipinski definition) is 0. The molecule has 2 rings (SSSR count). The quantitative estimate of drug-likeness (QED) is 0.768. The molecule has 2 aromatic rings. The van der Waals surface area contributed by atoms with Crippen molar-refractivity contribution in [3.8, 4) is 5.75 Å². The largest absolute Gasteiger partial charge is 0.489 e. The minimum Gasteiger partial charge on any atom is -0.489 e. The Bertz CT molecular complexity index is 600. The van der Waals surface area contributed by atoms with Crippen LogP contribution in [0.2, 0.25) is 0 Å². The molecule has 2 aromatic carbocycles. The van der Waals surface area contributed by atoms with Crippen molar-refractivity contribution < 1.29 is 9.53 Å².